The summed E-state index contributed by atoms with van der Waals surface area (Å²) in [4.78, 5) is 16.1. The molecule has 0 spiro atoms. The van der Waals surface area contributed by atoms with Crippen molar-refractivity contribution >= 4 is 27.5 Å². The molecule has 98 valence electrons. The van der Waals surface area contributed by atoms with E-state index in [0.29, 0.717) is 16.0 Å². The van der Waals surface area contributed by atoms with Gasteiger partial charge in [0.25, 0.3) is 5.91 Å². The minimum absolute atomic E-state index is 0.0834. The van der Waals surface area contributed by atoms with Crippen LogP contribution >= 0.6 is 15.9 Å². The fraction of sp³-hybridized carbons (Fsp3) is 0.0769. The fourth-order valence-electron chi connectivity index (χ4n) is 1.56. The van der Waals surface area contributed by atoms with Crippen molar-refractivity contribution in [3.63, 3.8) is 0 Å². The van der Waals surface area contributed by atoms with E-state index in [4.69, 9.17) is 0 Å². The lowest BCUT2D eigenvalue weighted by Gasteiger charge is -2.09. The molecule has 6 heteroatoms. The van der Waals surface area contributed by atoms with Crippen LogP contribution in [0.15, 0.2) is 34.9 Å². The zero-order valence-electron chi connectivity index (χ0n) is 10.0. The molecule has 0 aliphatic heterocycles. The number of aromatic nitrogens is 1. The first-order valence-electron chi connectivity index (χ1n) is 5.44. The number of halogens is 1. The Hall–Kier alpha value is -2.08. The molecule has 1 heterocycles. The summed E-state index contributed by atoms with van der Waals surface area (Å²) < 4.78 is 0.676. The second kappa shape index (κ2) is 5.27. The van der Waals surface area contributed by atoms with Crippen molar-refractivity contribution in [3.8, 4) is 11.5 Å². The third-order valence-corrected chi connectivity index (χ3v) is 2.97. The van der Waals surface area contributed by atoms with Crippen LogP contribution in [0.1, 0.15) is 16.1 Å². The Morgan fingerprint density at radius 2 is 2.00 bits per heavy atom. The summed E-state index contributed by atoms with van der Waals surface area (Å²) in [6, 6.07) is 7.21. The molecule has 0 fully saturated rings. The number of phenols is 2. The van der Waals surface area contributed by atoms with E-state index in [9.17, 15) is 15.0 Å². The largest absolute Gasteiger partial charge is 0.508 e. The molecule has 2 rings (SSSR count). The summed E-state index contributed by atoms with van der Waals surface area (Å²) in [7, 11) is 0. The predicted octanol–water partition coefficient (Wildman–Crippen LogP) is 2.82. The molecule has 0 aliphatic carbocycles. The first-order chi connectivity index (χ1) is 8.97. The smallest absolute Gasteiger partial charge is 0.259 e. The molecule has 19 heavy (non-hydrogen) atoms. The van der Waals surface area contributed by atoms with Crippen LogP contribution in [0, 0.1) is 6.92 Å². The Morgan fingerprint density at radius 1 is 1.26 bits per heavy atom. The van der Waals surface area contributed by atoms with Gasteiger partial charge in [0.2, 0.25) is 0 Å². The van der Waals surface area contributed by atoms with E-state index < -0.39 is 5.91 Å². The van der Waals surface area contributed by atoms with Crippen LogP contribution in [0.25, 0.3) is 0 Å². The minimum atomic E-state index is -0.468. The molecule has 0 bridgehead atoms. The van der Waals surface area contributed by atoms with E-state index in [1.807, 2.05) is 0 Å². The number of phenolic OH excluding ortho intramolecular Hbond substituents is 2. The second-order valence-corrected chi connectivity index (χ2v) is 4.73. The van der Waals surface area contributed by atoms with Gasteiger partial charge in [-0.3, -0.25) is 4.79 Å². The van der Waals surface area contributed by atoms with Crippen molar-refractivity contribution < 1.29 is 15.0 Å². The van der Waals surface area contributed by atoms with E-state index >= 15 is 0 Å². The number of hydrogen-bond acceptors (Lipinski definition) is 4. The lowest BCUT2D eigenvalue weighted by atomic mass is 10.1. The van der Waals surface area contributed by atoms with Crippen molar-refractivity contribution in [2.24, 2.45) is 0 Å². The topological polar surface area (TPSA) is 82.5 Å². The highest BCUT2D eigenvalue weighted by molar-refractivity contribution is 9.10. The lowest BCUT2D eigenvalue weighted by molar-refractivity contribution is 0.102. The molecular formula is C13H11BrN2O3. The summed E-state index contributed by atoms with van der Waals surface area (Å²) in [5, 5.41) is 21.4. The van der Waals surface area contributed by atoms with Gasteiger partial charge < -0.3 is 15.5 Å². The zero-order chi connectivity index (χ0) is 14.0. The molecular weight excluding hydrogens is 312 g/mol. The van der Waals surface area contributed by atoms with Crippen LogP contribution in [0.2, 0.25) is 0 Å². The summed E-state index contributed by atoms with van der Waals surface area (Å²) in [5.74, 6) is -0.847. The standard InChI is InChI=1S/C13H11BrN2O3/c1-7-10(4-5-12(14)15-7)16-13(19)9-3-2-8(17)6-11(9)18/h2-6,17-18H,1H3,(H,16,19). The van der Waals surface area contributed by atoms with Crippen molar-refractivity contribution in [2.75, 3.05) is 5.32 Å². The third kappa shape index (κ3) is 3.03. The summed E-state index contributed by atoms with van der Waals surface area (Å²) in [6.07, 6.45) is 0. The van der Waals surface area contributed by atoms with Gasteiger partial charge in [-0.25, -0.2) is 4.98 Å². The molecule has 1 aromatic heterocycles. The SMILES string of the molecule is Cc1nc(Br)ccc1NC(=O)c1ccc(O)cc1O. The Morgan fingerprint density at radius 3 is 2.63 bits per heavy atom. The summed E-state index contributed by atoms with van der Waals surface area (Å²) in [6.45, 7) is 1.76. The highest BCUT2D eigenvalue weighted by atomic mass is 79.9. The molecule has 0 atom stereocenters. The third-order valence-electron chi connectivity index (χ3n) is 2.53. The Balaban J connectivity index is 2.25. The summed E-state index contributed by atoms with van der Waals surface area (Å²) >= 11 is 3.24. The number of aryl methyl sites for hydroxylation is 1. The van der Waals surface area contributed by atoms with Crippen molar-refractivity contribution in [1.29, 1.82) is 0 Å². The van der Waals surface area contributed by atoms with Gasteiger partial charge in [0.1, 0.15) is 16.1 Å². The number of aromatic hydroxyl groups is 2. The highest BCUT2D eigenvalue weighted by Gasteiger charge is 2.13. The second-order valence-electron chi connectivity index (χ2n) is 3.92. The molecule has 1 amide bonds. The molecule has 0 unspecified atom stereocenters. The van der Waals surface area contributed by atoms with Crippen molar-refractivity contribution in [1.82, 2.24) is 4.98 Å². The van der Waals surface area contributed by atoms with Gasteiger partial charge in [0.05, 0.1) is 16.9 Å². The first kappa shape index (κ1) is 13.4. The van der Waals surface area contributed by atoms with Gasteiger partial charge in [-0.2, -0.15) is 0 Å². The number of hydrogen-bond donors (Lipinski definition) is 3. The quantitative estimate of drug-likeness (QED) is 0.742. The molecule has 3 N–H and O–H groups in total. The monoisotopic (exact) mass is 322 g/mol. The highest BCUT2D eigenvalue weighted by Crippen LogP contribution is 2.24. The number of nitrogens with one attached hydrogen (secondary N) is 1. The van der Waals surface area contributed by atoms with E-state index in [1.165, 1.54) is 12.1 Å². The first-order valence-corrected chi connectivity index (χ1v) is 6.23. The average Bonchev–Trinajstić information content (AvgIpc) is 2.32. The van der Waals surface area contributed by atoms with Crippen LogP contribution < -0.4 is 5.32 Å². The number of pyridine rings is 1. The maximum Gasteiger partial charge on any atom is 0.259 e. The Labute approximate surface area is 118 Å². The average molecular weight is 323 g/mol. The van der Waals surface area contributed by atoms with Gasteiger partial charge in [0, 0.05) is 6.07 Å². The van der Waals surface area contributed by atoms with E-state index in [2.05, 4.69) is 26.2 Å². The van der Waals surface area contributed by atoms with Crippen LogP contribution in [-0.4, -0.2) is 21.1 Å². The normalized spacial score (nSPS) is 10.2. The molecule has 2 aromatic rings. The van der Waals surface area contributed by atoms with Gasteiger partial charge in [-0.15, -0.1) is 0 Å². The number of amides is 1. The van der Waals surface area contributed by atoms with E-state index in [-0.39, 0.29) is 17.1 Å². The molecule has 5 nitrogen and oxygen atoms in total. The number of carbonyl (C=O) groups is 1. The number of benzene rings is 1. The van der Waals surface area contributed by atoms with E-state index in [0.717, 1.165) is 6.07 Å². The zero-order valence-corrected chi connectivity index (χ0v) is 11.6. The number of anilines is 1. The Bertz CT molecular complexity index is 644. The van der Waals surface area contributed by atoms with Crippen LogP contribution in [0.5, 0.6) is 11.5 Å². The van der Waals surface area contributed by atoms with Gasteiger partial charge in [-0.1, -0.05) is 0 Å². The molecule has 0 saturated heterocycles. The van der Waals surface area contributed by atoms with Gasteiger partial charge in [-0.05, 0) is 47.1 Å². The van der Waals surface area contributed by atoms with Gasteiger partial charge >= 0.3 is 0 Å². The number of carbonyl (C=O) groups excluding carboxylic acids is 1. The van der Waals surface area contributed by atoms with Crippen LogP contribution in [-0.2, 0) is 0 Å². The fourth-order valence-corrected chi connectivity index (χ4v) is 1.96. The maximum absolute atomic E-state index is 12.0. The molecule has 0 saturated carbocycles. The van der Waals surface area contributed by atoms with Crippen molar-refractivity contribution in [2.45, 2.75) is 6.92 Å². The molecule has 0 aliphatic rings. The molecule has 1 aromatic carbocycles. The lowest BCUT2D eigenvalue weighted by Crippen LogP contribution is -2.13. The number of nitrogens with zero attached hydrogens (tertiary/aromatic N) is 1. The Kier molecular flexibility index (Phi) is 3.71. The van der Waals surface area contributed by atoms with Gasteiger partial charge in [0.15, 0.2) is 0 Å². The van der Waals surface area contributed by atoms with Crippen molar-refractivity contribution in [3.05, 3.63) is 46.2 Å². The number of rotatable bonds is 2. The maximum atomic E-state index is 12.0. The van der Waals surface area contributed by atoms with E-state index in [1.54, 1.807) is 19.1 Å². The predicted molar refractivity (Wildman–Crippen MR) is 74.4 cm³/mol. The summed E-state index contributed by atoms with van der Waals surface area (Å²) in [5.41, 5.74) is 1.29. The van der Waals surface area contributed by atoms with Crippen LogP contribution in [0.3, 0.4) is 0 Å². The molecule has 0 radical (unpaired) electrons. The van der Waals surface area contributed by atoms with Crippen LogP contribution in [0.4, 0.5) is 5.69 Å². The minimum Gasteiger partial charge on any atom is -0.508 e.